The Hall–Kier alpha value is -4.35. The van der Waals surface area contributed by atoms with Gasteiger partial charge < -0.3 is 43.2 Å². The third-order valence-electron chi connectivity index (χ3n) is 11.6. The lowest BCUT2D eigenvalue weighted by Gasteiger charge is -2.46. The summed E-state index contributed by atoms with van der Waals surface area (Å²) in [6, 6.07) is 20.4. The van der Waals surface area contributed by atoms with Crippen molar-refractivity contribution < 1.29 is 43.2 Å². The molecular formula is C43H52Cl2N2O8. The number of rotatable bonds is 9. The number of carbonyl (C=O) groups is 1. The fraction of sp³-hybridized carbons (Fsp3) is 0.419. The van der Waals surface area contributed by atoms with E-state index in [2.05, 4.69) is 49.3 Å². The number of phenols is 1. The molecule has 3 unspecified atom stereocenters. The SMILES string of the molecule is COc1ccc2cc1Oc1ccc(cc1)CC1c3cc(c(OC)cc3CCN1C)Oc1c(O)c(OC)cc3c1C(C2)[N+](C)(CCCCCC(=O)[O-])CC3.Cl.Cl. The van der Waals surface area contributed by atoms with E-state index in [-0.39, 0.29) is 49.1 Å². The molecule has 3 atom stereocenters. The predicted octanol–water partition coefficient (Wildman–Crippen LogP) is 7.53. The molecule has 12 heteroatoms. The van der Waals surface area contributed by atoms with E-state index in [0.29, 0.717) is 51.8 Å². The van der Waals surface area contributed by atoms with E-state index in [1.54, 1.807) is 21.3 Å². The topological polar surface area (TPSA) is 110 Å². The second-order valence-electron chi connectivity index (χ2n) is 14.9. The van der Waals surface area contributed by atoms with Gasteiger partial charge in [0.05, 0.1) is 47.0 Å². The van der Waals surface area contributed by atoms with E-state index in [9.17, 15) is 15.0 Å². The molecule has 0 saturated heterocycles. The van der Waals surface area contributed by atoms with Crippen molar-refractivity contribution in [3.8, 4) is 46.0 Å². The molecule has 0 fully saturated rings. The number of hydrogen-bond acceptors (Lipinski definition) is 9. The molecule has 0 saturated carbocycles. The number of halogens is 2. The number of carboxylic acids is 1. The van der Waals surface area contributed by atoms with Crippen LogP contribution in [-0.2, 0) is 30.5 Å². The highest BCUT2D eigenvalue weighted by atomic mass is 35.5. The standard InChI is InChI=1S/C43H50N2O8.2ClH/c1-44-18-16-29-24-36(50-4)38-26-32(29)33(44)21-27-10-13-31(14-11-27)52-37-23-28(12-15-35(37)49-3)22-34-41-30(25-39(51-5)42(48)43(41)53-38)17-20-45(34,2)19-8-6-7-9-40(46)47;;/h10-15,23-26,33-34H,6-9,16-22H2,1-5H3,(H-,46,47,48);2*1H. The summed E-state index contributed by atoms with van der Waals surface area (Å²) in [6.07, 6.45) is 5.27. The summed E-state index contributed by atoms with van der Waals surface area (Å²) in [7, 11) is 9.28. The molecule has 0 aliphatic carbocycles. The van der Waals surface area contributed by atoms with Crippen LogP contribution in [0.5, 0.6) is 46.0 Å². The molecular weight excluding hydrogens is 743 g/mol. The number of aliphatic carboxylic acids is 1. The summed E-state index contributed by atoms with van der Waals surface area (Å²) in [4.78, 5) is 13.5. The molecule has 0 amide bonds. The average Bonchev–Trinajstić information content (AvgIpc) is 3.15. The Morgan fingerprint density at radius 1 is 0.836 bits per heavy atom. The number of carboxylic acid groups (broad SMARTS) is 1. The van der Waals surface area contributed by atoms with Gasteiger partial charge in [0.25, 0.3) is 0 Å². The van der Waals surface area contributed by atoms with Crippen LogP contribution >= 0.6 is 24.8 Å². The molecule has 0 radical (unpaired) electrons. The van der Waals surface area contributed by atoms with E-state index in [1.165, 1.54) is 16.7 Å². The highest BCUT2D eigenvalue weighted by Gasteiger charge is 2.43. The lowest BCUT2D eigenvalue weighted by Crippen LogP contribution is -2.52. The number of methoxy groups -OCH3 is 3. The first kappa shape index (κ1) is 41.8. The monoisotopic (exact) mass is 794 g/mol. The molecule has 55 heavy (non-hydrogen) atoms. The molecule has 4 aliphatic heterocycles. The Labute approximate surface area is 336 Å². The minimum absolute atomic E-state index is 0. The van der Waals surface area contributed by atoms with E-state index < -0.39 is 5.97 Å². The highest BCUT2D eigenvalue weighted by molar-refractivity contribution is 5.85. The summed E-state index contributed by atoms with van der Waals surface area (Å²) in [5.41, 5.74) is 6.59. The van der Waals surface area contributed by atoms with Gasteiger partial charge in [-0.15, -0.1) is 24.8 Å². The molecule has 4 aromatic carbocycles. The van der Waals surface area contributed by atoms with Crippen LogP contribution in [0, 0.1) is 0 Å². The average molecular weight is 796 g/mol. The number of phenolic OH excluding ortho intramolecular Hbond substituents is 1. The zero-order valence-electron chi connectivity index (χ0n) is 32.2. The van der Waals surface area contributed by atoms with Crippen molar-refractivity contribution in [3.05, 3.63) is 94.0 Å². The molecule has 1 N–H and O–H groups in total. The van der Waals surface area contributed by atoms with Gasteiger partial charge in [0.2, 0.25) is 5.75 Å². The molecule has 8 rings (SSSR count). The smallest absolute Gasteiger partial charge is 0.201 e. The van der Waals surface area contributed by atoms with Crippen LogP contribution in [0.4, 0.5) is 0 Å². The van der Waals surface area contributed by atoms with E-state index in [4.69, 9.17) is 23.7 Å². The number of hydrogen-bond donors (Lipinski definition) is 1. The summed E-state index contributed by atoms with van der Waals surface area (Å²) in [5.74, 6) is 2.78. The fourth-order valence-corrected chi connectivity index (χ4v) is 8.52. The number of benzene rings is 4. The van der Waals surface area contributed by atoms with E-state index in [0.717, 1.165) is 74.2 Å². The summed E-state index contributed by atoms with van der Waals surface area (Å²) < 4.78 is 31.6. The van der Waals surface area contributed by atoms with Crippen LogP contribution in [0.25, 0.3) is 0 Å². The molecule has 4 aliphatic rings. The minimum atomic E-state index is -1.02. The maximum Gasteiger partial charge on any atom is 0.201 e. The summed E-state index contributed by atoms with van der Waals surface area (Å²) >= 11 is 0. The first-order valence-electron chi connectivity index (χ1n) is 18.6. The number of quaternary nitrogens is 1. The third kappa shape index (κ3) is 8.58. The van der Waals surface area contributed by atoms with Gasteiger partial charge in [-0.1, -0.05) is 18.2 Å². The lowest BCUT2D eigenvalue weighted by atomic mass is 9.85. The maximum atomic E-state index is 12.0. The zero-order valence-corrected chi connectivity index (χ0v) is 33.9. The van der Waals surface area contributed by atoms with Crippen molar-refractivity contribution in [2.24, 2.45) is 0 Å². The van der Waals surface area contributed by atoms with Crippen LogP contribution in [0.2, 0.25) is 0 Å². The van der Waals surface area contributed by atoms with Crippen molar-refractivity contribution >= 4 is 30.8 Å². The molecule has 296 valence electrons. The van der Waals surface area contributed by atoms with Gasteiger partial charge in [0.15, 0.2) is 34.5 Å². The van der Waals surface area contributed by atoms with Crippen molar-refractivity contribution in [2.75, 3.05) is 55.1 Å². The molecule has 4 heterocycles. The molecule has 6 bridgehead atoms. The van der Waals surface area contributed by atoms with Gasteiger partial charge in [-0.2, -0.15) is 0 Å². The molecule has 0 spiro atoms. The normalized spacial score (nSPS) is 19.9. The Morgan fingerprint density at radius 2 is 1.53 bits per heavy atom. The number of fused-ring (bicyclic) bond motifs is 2. The first-order valence-corrected chi connectivity index (χ1v) is 18.6. The van der Waals surface area contributed by atoms with Crippen LogP contribution in [0.1, 0.15) is 71.1 Å². The van der Waals surface area contributed by atoms with Gasteiger partial charge in [0.1, 0.15) is 11.8 Å². The summed E-state index contributed by atoms with van der Waals surface area (Å²) in [5, 5.41) is 23.1. The lowest BCUT2D eigenvalue weighted by molar-refractivity contribution is -0.941. The van der Waals surface area contributed by atoms with Crippen molar-refractivity contribution in [1.82, 2.24) is 4.90 Å². The molecule has 10 nitrogen and oxygen atoms in total. The summed E-state index contributed by atoms with van der Waals surface area (Å²) in [6.45, 7) is 2.56. The van der Waals surface area contributed by atoms with Gasteiger partial charge in [-0.05, 0) is 116 Å². The van der Waals surface area contributed by atoms with Crippen LogP contribution in [0.3, 0.4) is 0 Å². The Morgan fingerprint density at radius 3 is 2.24 bits per heavy atom. The third-order valence-corrected chi connectivity index (χ3v) is 11.6. The second-order valence-corrected chi connectivity index (χ2v) is 14.9. The van der Waals surface area contributed by atoms with Gasteiger partial charge in [0, 0.05) is 31.4 Å². The zero-order chi connectivity index (χ0) is 37.3. The minimum Gasteiger partial charge on any atom is -0.550 e. The Kier molecular flexibility index (Phi) is 13.4. The van der Waals surface area contributed by atoms with E-state index >= 15 is 0 Å². The number of aromatic hydroxyl groups is 1. The van der Waals surface area contributed by atoms with Gasteiger partial charge in [-0.3, -0.25) is 4.90 Å². The quantitative estimate of drug-likeness (QED) is 0.136. The number of likely N-dealkylation sites (N-methyl/N-ethyl adjacent to an activating group) is 2. The van der Waals surface area contributed by atoms with Crippen LogP contribution in [-0.4, -0.2) is 75.5 Å². The van der Waals surface area contributed by atoms with Gasteiger partial charge >= 0.3 is 0 Å². The van der Waals surface area contributed by atoms with Crippen LogP contribution < -0.4 is 28.8 Å². The maximum absolute atomic E-state index is 12.0. The van der Waals surface area contributed by atoms with Crippen LogP contribution in [0.15, 0.2) is 60.7 Å². The van der Waals surface area contributed by atoms with Crippen molar-refractivity contribution in [1.29, 1.82) is 0 Å². The number of ether oxygens (including phenoxy) is 5. The Balaban J connectivity index is 0.00000290. The Bertz CT molecular complexity index is 1990. The molecule has 0 aromatic heterocycles. The first-order chi connectivity index (χ1) is 25.6. The number of unbranched alkanes of at least 4 members (excludes halogenated alkanes) is 2. The second kappa shape index (κ2) is 17.6. The fourth-order valence-electron chi connectivity index (χ4n) is 8.52. The number of nitrogens with zero attached hydrogens (tertiary/aromatic N) is 2. The predicted molar refractivity (Wildman–Crippen MR) is 214 cm³/mol. The van der Waals surface area contributed by atoms with Crippen molar-refractivity contribution in [2.45, 2.75) is 63.5 Å². The highest BCUT2D eigenvalue weighted by Crippen LogP contribution is 2.53. The van der Waals surface area contributed by atoms with Crippen molar-refractivity contribution in [3.63, 3.8) is 0 Å². The largest absolute Gasteiger partial charge is 0.550 e. The molecule has 4 aromatic rings. The number of carbonyl (C=O) groups excluding carboxylic acids is 1. The van der Waals surface area contributed by atoms with Gasteiger partial charge in [-0.25, -0.2) is 0 Å². The van der Waals surface area contributed by atoms with E-state index in [1.807, 2.05) is 30.3 Å².